The second kappa shape index (κ2) is 11.0. The fraction of sp³-hybridized carbons (Fsp3) is 0.517. The summed E-state index contributed by atoms with van der Waals surface area (Å²) in [5.74, 6) is 0.245. The predicted molar refractivity (Wildman–Crippen MR) is 151 cm³/mol. The molecule has 8 nitrogen and oxygen atoms in total. The van der Waals surface area contributed by atoms with Crippen LogP contribution < -0.4 is 4.72 Å². The van der Waals surface area contributed by atoms with Crippen LogP contribution in [-0.2, 0) is 10.0 Å². The van der Waals surface area contributed by atoms with E-state index in [2.05, 4.69) is 20.8 Å². The number of hydrogen-bond donors (Lipinski definition) is 1. The Labute approximate surface area is 230 Å². The molecule has 3 heterocycles. The number of piperidine rings is 1. The molecule has 1 N–H and O–H groups in total. The van der Waals surface area contributed by atoms with Crippen LogP contribution in [0.15, 0.2) is 42.9 Å². The summed E-state index contributed by atoms with van der Waals surface area (Å²) >= 11 is 0. The van der Waals surface area contributed by atoms with E-state index in [0.717, 1.165) is 56.2 Å². The molecule has 1 amide bonds. The number of hydrogen-bond acceptors (Lipinski definition) is 5. The van der Waals surface area contributed by atoms with E-state index in [0.29, 0.717) is 23.1 Å². The van der Waals surface area contributed by atoms with Crippen molar-refractivity contribution in [3.8, 4) is 5.69 Å². The summed E-state index contributed by atoms with van der Waals surface area (Å²) in [6.45, 7) is 6.86. The van der Waals surface area contributed by atoms with E-state index in [1.807, 2.05) is 30.7 Å². The van der Waals surface area contributed by atoms with Crippen LogP contribution >= 0.6 is 0 Å². The summed E-state index contributed by atoms with van der Waals surface area (Å²) in [6.07, 6.45) is 10.8. The lowest BCUT2D eigenvalue weighted by Crippen LogP contribution is -2.48. The maximum Gasteiger partial charge on any atom is 0.256 e. The molecule has 1 saturated heterocycles. The number of benzene rings is 1. The molecular weight excluding hydrogens is 517 g/mol. The third kappa shape index (κ3) is 6.02. The van der Waals surface area contributed by atoms with Crippen molar-refractivity contribution < 1.29 is 17.6 Å². The Hall–Kier alpha value is -2.82. The number of carbonyl (C=O) groups excluding carboxylic acids is 1. The molecule has 1 aromatic carbocycles. The van der Waals surface area contributed by atoms with Gasteiger partial charge in [-0.2, -0.15) is 0 Å². The average molecular weight is 556 g/mol. The van der Waals surface area contributed by atoms with Crippen LogP contribution in [0.5, 0.6) is 0 Å². The van der Waals surface area contributed by atoms with E-state index in [4.69, 9.17) is 0 Å². The van der Waals surface area contributed by atoms with Crippen molar-refractivity contribution in [3.05, 3.63) is 59.8 Å². The SMILES string of the molecule is CC(C)N(C)C(=O)c1cc(F)ccc1-n1cc(C2CCN(C[C@H]3C[C@@H](NS(C)(=O)=O)C3)CC2)c2ccncc21. The molecule has 1 aliphatic heterocycles. The second-order valence-corrected chi connectivity index (χ2v) is 13.3. The monoisotopic (exact) mass is 555 g/mol. The van der Waals surface area contributed by atoms with E-state index >= 15 is 0 Å². The van der Waals surface area contributed by atoms with Gasteiger partial charge >= 0.3 is 0 Å². The van der Waals surface area contributed by atoms with Crippen molar-refractivity contribution in [1.82, 2.24) is 24.1 Å². The van der Waals surface area contributed by atoms with E-state index in [1.54, 1.807) is 24.2 Å². The topological polar surface area (TPSA) is 87.5 Å². The highest BCUT2D eigenvalue weighted by molar-refractivity contribution is 7.88. The summed E-state index contributed by atoms with van der Waals surface area (Å²) in [4.78, 5) is 21.8. The van der Waals surface area contributed by atoms with Gasteiger partial charge in [0, 0.05) is 43.5 Å². The van der Waals surface area contributed by atoms with Crippen LogP contribution in [-0.4, -0.2) is 78.7 Å². The first-order chi connectivity index (χ1) is 18.5. The first-order valence-electron chi connectivity index (χ1n) is 13.7. The molecule has 210 valence electrons. The molecule has 5 rings (SSSR count). The Balaban J connectivity index is 1.34. The summed E-state index contributed by atoms with van der Waals surface area (Å²) < 4.78 is 41.9. The Morgan fingerprint density at radius 2 is 1.92 bits per heavy atom. The van der Waals surface area contributed by atoms with E-state index in [-0.39, 0.29) is 18.0 Å². The van der Waals surface area contributed by atoms with E-state index in [1.165, 1.54) is 24.0 Å². The molecule has 1 saturated carbocycles. The van der Waals surface area contributed by atoms with Crippen molar-refractivity contribution in [3.63, 3.8) is 0 Å². The highest BCUT2D eigenvalue weighted by Crippen LogP contribution is 2.37. The largest absolute Gasteiger partial charge is 0.339 e. The van der Waals surface area contributed by atoms with Crippen molar-refractivity contribution in [1.29, 1.82) is 0 Å². The van der Waals surface area contributed by atoms with Crippen LogP contribution in [0.2, 0.25) is 0 Å². The van der Waals surface area contributed by atoms with Crippen LogP contribution in [0.4, 0.5) is 4.39 Å². The lowest BCUT2D eigenvalue weighted by molar-refractivity contribution is 0.0754. The van der Waals surface area contributed by atoms with Gasteiger partial charge in [0.25, 0.3) is 5.91 Å². The number of fused-ring (bicyclic) bond motifs is 1. The molecule has 0 bridgehead atoms. The number of pyridine rings is 1. The van der Waals surface area contributed by atoms with Gasteiger partial charge in [0.05, 0.1) is 29.2 Å². The first-order valence-corrected chi connectivity index (χ1v) is 15.6. The fourth-order valence-corrected chi connectivity index (χ4v) is 6.81. The molecule has 0 unspecified atom stereocenters. The zero-order valence-electron chi connectivity index (χ0n) is 23.1. The fourth-order valence-electron chi connectivity index (χ4n) is 6.01. The maximum absolute atomic E-state index is 14.3. The van der Waals surface area contributed by atoms with E-state index in [9.17, 15) is 17.6 Å². The second-order valence-electron chi connectivity index (χ2n) is 11.5. The van der Waals surface area contributed by atoms with Gasteiger partial charge in [-0.25, -0.2) is 17.5 Å². The Bertz CT molecular complexity index is 1460. The van der Waals surface area contributed by atoms with Crippen LogP contribution in [0, 0.1) is 11.7 Å². The molecule has 10 heteroatoms. The number of aromatic nitrogens is 2. The average Bonchev–Trinajstić information content (AvgIpc) is 3.25. The highest BCUT2D eigenvalue weighted by Gasteiger charge is 2.33. The van der Waals surface area contributed by atoms with Crippen molar-refractivity contribution in [2.45, 2.75) is 57.5 Å². The van der Waals surface area contributed by atoms with Crippen molar-refractivity contribution >= 4 is 26.8 Å². The van der Waals surface area contributed by atoms with Gasteiger partial charge < -0.3 is 14.4 Å². The van der Waals surface area contributed by atoms with Gasteiger partial charge in [-0.3, -0.25) is 9.78 Å². The van der Waals surface area contributed by atoms with Gasteiger partial charge in [-0.15, -0.1) is 0 Å². The number of carbonyl (C=O) groups is 1. The van der Waals surface area contributed by atoms with Gasteiger partial charge in [0.2, 0.25) is 10.0 Å². The molecule has 0 atom stereocenters. The van der Waals surface area contributed by atoms with Gasteiger partial charge in [-0.1, -0.05) is 0 Å². The quantitative estimate of drug-likeness (QED) is 0.451. The van der Waals surface area contributed by atoms with Crippen molar-refractivity contribution in [2.24, 2.45) is 5.92 Å². The van der Waals surface area contributed by atoms with Crippen molar-refractivity contribution in [2.75, 3.05) is 32.9 Å². The summed E-state index contributed by atoms with van der Waals surface area (Å²) in [5.41, 5.74) is 3.12. The molecule has 2 aliphatic rings. The molecule has 3 aromatic rings. The summed E-state index contributed by atoms with van der Waals surface area (Å²) in [6, 6.07) is 6.50. The van der Waals surface area contributed by atoms with Crippen LogP contribution in [0.3, 0.4) is 0 Å². The first kappa shape index (κ1) is 27.7. The molecule has 39 heavy (non-hydrogen) atoms. The van der Waals surface area contributed by atoms with Gasteiger partial charge in [-0.05, 0) is 94.3 Å². The molecule has 0 spiro atoms. The number of likely N-dealkylation sites (tertiary alicyclic amines) is 1. The lowest BCUT2D eigenvalue weighted by atomic mass is 9.80. The number of halogens is 1. The minimum Gasteiger partial charge on any atom is -0.339 e. The van der Waals surface area contributed by atoms with Gasteiger partial charge in [0.1, 0.15) is 5.82 Å². The number of rotatable bonds is 8. The predicted octanol–water partition coefficient (Wildman–Crippen LogP) is 4.15. The third-order valence-electron chi connectivity index (χ3n) is 8.34. The molecule has 0 radical (unpaired) electrons. The third-order valence-corrected chi connectivity index (χ3v) is 9.10. The Kier molecular flexibility index (Phi) is 7.81. The van der Waals surface area contributed by atoms with Crippen LogP contribution in [0.1, 0.15) is 61.4 Å². The number of sulfonamides is 1. The number of amides is 1. The lowest BCUT2D eigenvalue weighted by Gasteiger charge is -2.40. The van der Waals surface area contributed by atoms with Gasteiger partial charge in [0.15, 0.2) is 0 Å². The Morgan fingerprint density at radius 3 is 2.59 bits per heavy atom. The molecule has 1 aliphatic carbocycles. The standard InChI is InChI=1S/C29H38FN5O3S/c1-19(2)33(3)29(36)25-15-22(30)5-6-27(25)35-18-26(24-7-10-31-16-28(24)35)21-8-11-34(12-9-21)17-20-13-23(14-20)32-39(4,37)38/h5-7,10,15-16,18-21,23,32H,8-9,11-14,17H2,1-4H3/t20-,23+. The minimum absolute atomic E-state index is 0.0146. The maximum atomic E-state index is 14.3. The zero-order chi connectivity index (χ0) is 27.9. The molecular formula is C29H38FN5O3S. The summed E-state index contributed by atoms with van der Waals surface area (Å²) in [7, 11) is -1.40. The molecule has 2 aromatic heterocycles. The smallest absolute Gasteiger partial charge is 0.256 e. The zero-order valence-corrected chi connectivity index (χ0v) is 23.9. The normalized spacial score (nSPS) is 20.9. The Morgan fingerprint density at radius 1 is 1.21 bits per heavy atom. The van der Waals surface area contributed by atoms with E-state index < -0.39 is 15.8 Å². The molecule has 2 fully saturated rings. The minimum atomic E-state index is -3.14. The van der Waals surface area contributed by atoms with Crippen LogP contribution in [0.25, 0.3) is 16.6 Å². The summed E-state index contributed by atoms with van der Waals surface area (Å²) in [5, 5.41) is 1.11. The number of nitrogens with one attached hydrogen (secondary N) is 1. The number of nitrogens with zero attached hydrogens (tertiary/aromatic N) is 4. The highest BCUT2D eigenvalue weighted by atomic mass is 32.2.